The van der Waals surface area contributed by atoms with Crippen LogP contribution in [-0.2, 0) is 25.4 Å². The molecule has 3 saturated heterocycles. The van der Waals surface area contributed by atoms with Crippen LogP contribution in [0.2, 0.25) is 5.02 Å². The fraction of sp³-hybridized carbons (Fsp3) is 0.774. The summed E-state index contributed by atoms with van der Waals surface area (Å²) < 4.78 is 28.1. The van der Waals surface area contributed by atoms with Crippen LogP contribution in [0.5, 0.6) is 5.75 Å². The van der Waals surface area contributed by atoms with Crippen molar-refractivity contribution in [2.75, 3.05) is 65.1 Å². The lowest BCUT2D eigenvalue weighted by Gasteiger charge is -2.41. The minimum absolute atomic E-state index is 0.0863. The molecule has 5 rings (SSSR count). The summed E-state index contributed by atoms with van der Waals surface area (Å²) in [5.41, 5.74) is -0.789. The SMILES string of the molecule is COCCCN1CCC(CC(=O)c2cc(Cl)c(N[C@]3(CO)O[C@H](CO)C(O[C@@H]4OC(CO)[C@H](O)[C@@H](O)C4O)[C@H]3O)c3c2OCC3)CC1. The van der Waals surface area contributed by atoms with Crippen molar-refractivity contribution < 1.29 is 64.2 Å². The van der Waals surface area contributed by atoms with E-state index in [-0.39, 0.29) is 29.0 Å². The van der Waals surface area contributed by atoms with E-state index >= 15 is 0 Å². The Morgan fingerprint density at radius 3 is 2.47 bits per heavy atom. The van der Waals surface area contributed by atoms with Crippen LogP contribution in [-0.4, -0.2) is 161 Å². The number of halogens is 1. The van der Waals surface area contributed by atoms with Gasteiger partial charge in [0.05, 0.1) is 42.7 Å². The Kier molecular flexibility index (Phi) is 12.4. The Labute approximate surface area is 277 Å². The van der Waals surface area contributed by atoms with E-state index in [1.807, 2.05) is 0 Å². The molecule has 15 nitrogen and oxygen atoms in total. The summed E-state index contributed by atoms with van der Waals surface area (Å²) in [6, 6.07) is 1.51. The van der Waals surface area contributed by atoms with Gasteiger partial charge in [-0.05, 0) is 44.3 Å². The van der Waals surface area contributed by atoms with E-state index in [9.17, 15) is 40.5 Å². The zero-order chi connectivity index (χ0) is 33.9. The number of nitrogens with zero attached hydrogens (tertiary/aromatic N) is 1. The van der Waals surface area contributed by atoms with Crippen molar-refractivity contribution in [1.82, 2.24) is 4.90 Å². The molecular weight excluding hydrogens is 644 g/mol. The van der Waals surface area contributed by atoms with Crippen molar-refractivity contribution >= 4 is 23.1 Å². The van der Waals surface area contributed by atoms with Crippen molar-refractivity contribution in [3.05, 3.63) is 22.2 Å². The van der Waals surface area contributed by atoms with E-state index in [1.54, 1.807) is 7.11 Å². The quantitative estimate of drug-likeness (QED) is 0.0834. The highest BCUT2D eigenvalue weighted by molar-refractivity contribution is 6.34. The number of Topliss-reactive ketones (excluding diaryl/α,β-unsaturated/α-hetero) is 1. The molecule has 3 unspecified atom stereocenters. The molecule has 1 aromatic rings. The highest BCUT2D eigenvalue weighted by Crippen LogP contribution is 2.45. The molecular formula is C31H47ClN2O13. The van der Waals surface area contributed by atoms with Gasteiger partial charge in [0.1, 0.15) is 48.5 Å². The number of ether oxygens (including phenoxy) is 5. The number of aliphatic hydroxyl groups excluding tert-OH is 7. The number of ketones is 1. The lowest BCUT2D eigenvalue weighted by atomic mass is 9.89. The molecule has 0 radical (unpaired) electrons. The van der Waals surface area contributed by atoms with Crippen molar-refractivity contribution in [2.45, 2.75) is 86.8 Å². The summed E-state index contributed by atoms with van der Waals surface area (Å²) in [4.78, 5) is 15.9. The van der Waals surface area contributed by atoms with E-state index in [2.05, 4.69) is 10.2 Å². The number of hydrogen-bond acceptors (Lipinski definition) is 15. The molecule has 4 heterocycles. The zero-order valence-corrected chi connectivity index (χ0v) is 27.1. The topological polar surface area (TPSA) is 220 Å². The van der Waals surface area contributed by atoms with Gasteiger partial charge in [0.15, 0.2) is 17.8 Å². The summed E-state index contributed by atoms with van der Waals surface area (Å²) in [6.45, 7) is 1.60. The Morgan fingerprint density at radius 2 is 1.81 bits per heavy atom. The number of methoxy groups -OCH3 is 1. The monoisotopic (exact) mass is 690 g/mol. The van der Waals surface area contributed by atoms with Crippen molar-refractivity contribution in [3.8, 4) is 5.75 Å². The van der Waals surface area contributed by atoms with Gasteiger partial charge < -0.3 is 69.6 Å². The van der Waals surface area contributed by atoms with Crippen LogP contribution in [0.3, 0.4) is 0 Å². The van der Waals surface area contributed by atoms with E-state index in [0.717, 1.165) is 45.5 Å². The van der Waals surface area contributed by atoms with Crippen molar-refractivity contribution in [3.63, 3.8) is 0 Å². The Morgan fingerprint density at radius 1 is 1.09 bits per heavy atom. The third-order valence-electron chi connectivity index (χ3n) is 9.64. The molecule has 266 valence electrons. The third kappa shape index (κ3) is 7.57. The molecule has 3 fully saturated rings. The van der Waals surface area contributed by atoms with Crippen molar-refractivity contribution in [2.24, 2.45) is 5.92 Å². The lowest BCUT2D eigenvalue weighted by molar-refractivity contribution is -0.318. The Bertz CT molecular complexity index is 1220. The minimum Gasteiger partial charge on any atom is -0.492 e. The average Bonchev–Trinajstić information content (AvgIpc) is 3.66. The molecule has 8 N–H and O–H groups in total. The fourth-order valence-corrected chi connectivity index (χ4v) is 7.17. The molecule has 1 aromatic carbocycles. The molecule has 0 bridgehead atoms. The number of piperidine rings is 1. The second-order valence-corrected chi connectivity index (χ2v) is 13.1. The van der Waals surface area contributed by atoms with Gasteiger partial charge in [-0.25, -0.2) is 0 Å². The molecule has 0 aliphatic carbocycles. The first-order valence-electron chi connectivity index (χ1n) is 16.1. The Hall–Kier alpha value is -1.70. The number of aliphatic hydroxyl groups is 7. The number of carbonyl (C=O) groups is 1. The van der Waals surface area contributed by atoms with Gasteiger partial charge >= 0.3 is 0 Å². The average molecular weight is 691 g/mol. The van der Waals surface area contributed by atoms with E-state index < -0.39 is 74.6 Å². The van der Waals surface area contributed by atoms with Gasteiger partial charge in [0.2, 0.25) is 0 Å². The fourth-order valence-electron chi connectivity index (χ4n) is 6.90. The molecule has 47 heavy (non-hydrogen) atoms. The van der Waals surface area contributed by atoms with E-state index in [0.29, 0.717) is 29.7 Å². The number of hydrogen-bond donors (Lipinski definition) is 8. The van der Waals surface area contributed by atoms with Crippen LogP contribution >= 0.6 is 11.6 Å². The van der Waals surface area contributed by atoms with Crippen molar-refractivity contribution in [1.29, 1.82) is 0 Å². The standard InChI is InChI=1S/C31H47ClN2O13/c1-43-9-2-6-34-7-3-16(4-8-34)11-20(38)18-12-19(32)23(17-5-10-44-27(17)18)33-31(15-37)29(42)28(22(14-36)47-31)46-30-26(41)25(40)24(39)21(13-35)45-30/h12,16,21-22,24-26,28-30,33,35-37,39-42H,2-11,13-15H2,1H3/t21?,22-,24+,25-,26?,28?,29-,30+,31-/m1/s1. The second kappa shape index (κ2) is 15.9. The number of carbonyl (C=O) groups excluding carboxylic acids is 1. The first kappa shape index (κ1) is 36.6. The summed E-state index contributed by atoms with van der Waals surface area (Å²) in [6.07, 6.45) is -8.91. The molecule has 0 aromatic heterocycles. The van der Waals surface area contributed by atoms with Gasteiger partial charge in [0, 0.05) is 38.7 Å². The van der Waals surface area contributed by atoms with Gasteiger partial charge in [0.25, 0.3) is 0 Å². The molecule has 0 saturated carbocycles. The molecule has 4 aliphatic rings. The van der Waals surface area contributed by atoms with Crippen LogP contribution in [0.1, 0.15) is 41.6 Å². The van der Waals surface area contributed by atoms with Crippen LogP contribution in [0.4, 0.5) is 5.69 Å². The lowest BCUT2D eigenvalue weighted by Crippen LogP contribution is -2.61. The number of likely N-dealkylation sites (tertiary alicyclic amines) is 1. The largest absolute Gasteiger partial charge is 0.492 e. The summed E-state index contributed by atoms with van der Waals surface area (Å²) in [5.74, 6) is 0.509. The maximum Gasteiger partial charge on any atom is 0.191 e. The second-order valence-electron chi connectivity index (χ2n) is 12.7. The van der Waals surface area contributed by atoms with Gasteiger partial charge in [-0.15, -0.1) is 0 Å². The van der Waals surface area contributed by atoms with Crippen LogP contribution < -0.4 is 10.1 Å². The first-order chi connectivity index (χ1) is 22.6. The number of benzene rings is 1. The van der Waals surface area contributed by atoms with E-state index in [1.165, 1.54) is 6.07 Å². The summed E-state index contributed by atoms with van der Waals surface area (Å²) in [5, 5.41) is 75.4. The summed E-state index contributed by atoms with van der Waals surface area (Å²) >= 11 is 6.75. The number of fused-ring (bicyclic) bond motifs is 1. The maximum atomic E-state index is 13.6. The third-order valence-corrected chi connectivity index (χ3v) is 9.94. The van der Waals surface area contributed by atoms with Crippen LogP contribution in [0.25, 0.3) is 0 Å². The molecule has 0 amide bonds. The predicted molar refractivity (Wildman–Crippen MR) is 165 cm³/mol. The number of anilines is 1. The normalized spacial score (nSPS) is 34.7. The summed E-state index contributed by atoms with van der Waals surface area (Å²) in [7, 11) is 1.69. The number of rotatable bonds is 14. The molecule has 4 aliphatic heterocycles. The highest BCUT2D eigenvalue weighted by atomic mass is 35.5. The van der Waals surface area contributed by atoms with Crippen LogP contribution in [0.15, 0.2) is 6.07 Å². The Balaban J connectivity index is 1.31. The van der Waals surface area contributed by atoms with Crippen LogP contribution in [0, 0.1) is 5.92 Å². The highest BCUT2D eigenvalue weighted by Gasteiger charge is 2.58. The van der Waals surface area contributed by atoms with Gasteiger partial charge in [-0.1, -0.05) is 11.6 Å². The maximum absolute atomic E-state index is 13.6. The van der Waals surface area contributed by atoms with E-state index in [4.69, 9.17) is 35.3 Å². The molecule has 0 spiro atoms. The van der Waals surface area contributed by atoms with Gasteiger partial charge in [-0.2, -0.15) is 0 Å². The predicted octanol–water partition coefficient (Wildman–Crippen LogP) is -1.37. The minimum atomic E-state index is -1.98. The van der Waals surface area contributed by atoms with Gasteiger partial charge in [-0.3, -0.25) is 4.79 Å². The molecule has 16 heteroatoms. The smallest absolute Gasteiger partial charge is 0.191 e. The first-order valence-corrected chi connectivity index (χ1v) is 16.5. The zero-order valence-electron chi connectivity index (χ0n) is 26.4. The molecule has 9 atom stereocenters. The number of nitrogens with one attached hydrogen (secondary N) is 1.